The van der Waals surface area contributed by atoms with E-state index in [1.165, 1.54) is 6.20 Å². The number of pyridine rings is 1. The summed E-state index contributed by atoms with van der Waals surface area (Å²) in [5.74, 6) is -1.05. The van der Waals surface area contributed by atoms with E-state index in [4.69, 9.17) is 10.5 Å². The third-order valence-corrected chi connectivity index (χ3v) is 2.84. The molecule has 128 valence electrons. The summed E-state index contributed by atoms with van der Waals surface area (Å²) in [5, 5.41) is 2.35. The fourth-order valence-corrected chi connectivity index (χ4v) is 1.80. The first-order valence-corrected chi connectivity index (χ1v) is 6.82. The Morgan fingerprint density at radius 2 is 2.17 bits per heavy atom. The SMILES string of the molecule is C[C@H](CNC(=O)c1cnc(N)nc1C(F)(F)F)Oc1cccnc1. The maximum Gasteiger partial charge on any atom is 0.434 e. The maximum absolute atomic E-state index is 12.9. The summed E-state index contributed by atoms with van der Waals surface area (Å²) in [6.45, 7) is 1.63. The predicted molar refractivity (Wildman–Crippen MR) is 78.1 cm³/mol. The van der Waals surface area contributed by atoms with Crippen LogP contribution in [0.1, 0.15) is 23.0 Å². The molecular formula is C14H14F3N5O2. The van der Waals surface area contributed by atoms with Gasteiger partial charge < -0.3 is 15.8 Å². The van der Waals surface area contributed by atoms with E-state index >= 15 is 0 Å². The molecule has 0 unspecified atom stereocenters. The number of carbonyl (C=O) groups is 1. The molecule has 1 atom stereocenters. The zero-order valence-corrected chi connectivity index (χ0v) is 12.5. The van der Waals surface area contributed by atoms with E-state index in [1.54, 1.807) is 25.3 Å². The molecule has 0 aliphatic rings. The largest absolute Gasteiger partial charge is 0.487 e. The summed E-state index contributed by atoms with van der Waals surface area (Å²) in [6.07, 6.45) is -1.51. The van der Waals surface area contributed by atoms with Gasteiger partial charge in [-0.2, -0.15) is 13.2 Å². The van der Waals surface area contributed by atoms with E-state index in [0.717, 1.165) is 6.20 Å². The highest BCUT2D eigenvalue weighted by Gasteiger charge is 2.38. The number of ether oxygens (including phenoxy) is 1. The van der Waals surface area contributed by atoms with Crippen LogP contribution in [0, 0.1) is 0 Å². The number of amides is 1. The average molecular weight is 341 g/mol. The number of rotatable bonds is 5. The van der Waals surface area contributed by atoms with Crippen molar-refractivity contribution in [3.63, 3.8) is 0 Å². The van der Waals surface area contributed by atoms with E-state index in [9.17, 15) is 18.0 Å². The van der Waals surface area contributed by atoms with E-state index in [2.05, 4.69) is 20.3 Å². The number of nitrogen functional groups attached to an aromatic ring is 1. The van der Waals surface area contributed by atoms with Crippen molar-refractivity contribution < 1.29 is 22.7 Å². The Hall–Kier alpha value is -2.91. The molecule has 0 saturated carbocycles. The topological polar surface area (TPSA) is 103 Å². The highest BCUT2D eigenvalue weighted by molar-refractivity contribution is 5.95. The number of anilines is 1. The molecule has 0 bridgehead atoms. The number of hydrogen-bond acceptors (Lipinski definition) is 6. The molecule has 0 aromatic carbocycles. The molecule has 24 heavy (non-hydrogen) atoms. The Morgan fingerprint density at radius 3 is 2.79 bits per heavy atom. The number of aromatic nitrogens is 3. The highest BCUT2D eigenvalue weighted by Crippen LogP contribution is 2.30. The van der Waals surface area contributed by atoms with Crippen molar-refractivity contribution in [3.05, 3.63) is 42.0 Å². The number of halogens is 3. The molecule has 10 heteroatoms. The first-order chi connectivity index (χ1) is 11.3. The Balaban J connectivity index is 2.02. The summed E-state index contributed by atoms with van der Waals surface area (Å²) < 4.78 is 44.2. The van der Waals surface area contributed by atoms with Crippen LogP contribution in [-0.2, 0) is 6.18 Å². The number of carbonyl (C=O) groups excluding carboxylic acids is 1. The number of hydrogen-bond donors (Lipinski definition) is 2. The number of nitrogens with two attached hydrogens (primary N) is 1. The molecule has 0 aliphatic carbocycles. The Kier molecular flexibility index (Phi) is 5.17. The zero-order valence-electron chi connectivity index (χ0n) is 12.5. The van der Waals surface area contributed by atoms with Gasteiger partial charge in [-0.05, 0) is 19.1 Å². The monoisotopic (exact) mass is 341 g/mol. The normalized spacial score (nSPS) is 12.5. The van der Waals surface area contributed by atoms with Crippen LogP contribution in [0.3, 0.4) is 0 Å². The lowest BCUT2D eigenvalue weighted by Gasteiger charge is -2.16. The van der Waals surface area contributed by atoms with Gasteiger partial charge >= 0.3 is 6.18 Å². The second kappa shape index (κ2) is 7.11. The summed E-state index contributed by atoms with van der Waals surface area (Å²) in [6, 6.07) is 3.34. The van der Waals surface area contributed by atoms with Crippen molar-refractivity contribution in [2.24, 2.45) is 0 Å². The van der Waals surface area contributed by atoms with Gasteiger partial charge in [0.05, 0.1) is 18.3 Å². The second-order valence-electron chi connectivity index (χ2n) is 4.82. The highest BCUT2D eigenvalue weighted by atomic mass is 19.4. The van der Waals surface area contributed by atoms with E-state index in [1.807, 2.05) is 0 Å². The van der Waals surface area contributed by atoms with Gasteiger partial charge in [-0.1, -0.05) is 0 Å². The molecule has 2 heterocycles. The zero-order chi connectivity index (χ0) is 17.7. The first kappa shape index (κ1) is 17.4. The van der Waals surface area contributed by atoms with Gasteiger partial charge in [0, 0.05) is 12.4 Å². The lowest BCUT2D eigenvalue weighted by molar-refractivity contribution is -0.141. The van der Waals surface area contributed by atoms with Crippen molar-refractivity contribution in [2.45, 2.75) is 19.2 Å². The van der Waals surface area contributed by atoms with Crippen molar-refractivity contribution in [2.75, 3.05) is 12.3 Å². The van der Waals surface area contributed by atoms with Crippen LogP contribution in [0.4, 0.5) is 19.1 Å². The first-order valence-electron chi connectivity index (χ1n) is 6.82. The molecule has 1 amide bonds. The van der Waals surface area contributed by atoms with E-state index in [-0.39, 0.29) is 6.54 Å². The minimum Gasteiger partial charge on any atom is -0.487 e. The van der Waals surface area contributed by atoms with Crippen LogP contribution in [0.2, 0.25) is 0 Å². The van der Waals surface area contributed by atoms with Gasteiger partial charge in [0.15, 0.2) is 5.69 Å². The lowest BCUT2D eigenvalue weighted by atomic mass is 10.2. The molecular weight excluding hydrogens is 327 g/mol. The fraction of sp³-hybridized carbons (Fsp3) is 0.286. The molecule has 2 rings (SSSR count). The van der Waals surface area contributed by atoms with Crippen LogP contribution in [-0.4, -0.2) is 33.5 Å². The van der Waals surface area contributed by atoms with Crippen LogP contribution in [0.5, 0.6) is 5.75 Å². The Morgan fingerprint density at radius 1 is 1.42 bits per heavy atom. The van der Waals surface area contributed by atoms with Gasteiger partial charge in [-0.25, -0.2) is 9.97 Å². The second-order valence-corrected chi connectivity index (χ2v) is 4.82. The van der Waals surface area contributed by atoms with E-state index in [0.29, 0.717) is 5.75 Å². The predicted octanol–water partition coefficient (Wildman–Crippen LogP) is 1.67. The molecule has 2 aromatic rings. The summed E-state index contributed by atoms with van der Waals surface area (Å²) in [5.41, 5.74) is 3.07. The smallest absolute Gasteiger partial charge is 0.434 e. The third-order valence-electron chi connectivity index (χ3n) is 2.84. The van der Waals surface area contributed by atoms with Crippen molar-refractivity contribution in [1.29, 1.82) is 0 Å². The minimum absolute atomic E-state index is 0.0185. The fourth-order valence-electron chi connectivity index (χ4n) is 1.80. The van der Waals surface area contributed by atoms with Crippen molar-refractivity contribution >= 4 is 11.9 Å². The number of alkyl halides is 3. The number of nitrogens with one attached hydrogen (secondary N) is 1. The molecule has 0 saturated heterocycles. The Bertz CT molecular complexity index is 709. The third kappa shape index (κ3) is 4.54. The summed E-state index contributed by atoms with van der Waals surface area (Å²) in [7, 11) is 0. The molecule has 0 spiro atoms. The molecule has 0 aliphatic heterocycles. The summed E-state index contributed by atoms with van der Waals surface area (Å²) >= 11 is 0. The molecule has 0 fully saturated rings. The molecule has 3 N–H and O–H groups in total. The van der Waals surface area contributed by atoms with Gasteiger partial charge in [-0.3, -0.25) is 9.78 Å². The Labute approximate surface area is 135 Å². The molecule has 7 nitrogen and oxygen atoms in total. The van der Waals surface area contributed by atoms with Crippen LogP contribution >= 0.6 is 0 Å². The molecule has 0 radical (unpaired) electrons. The van der Waals surface area contributed by atoms with Crippen LogP contribution < -0.4 is 15.8 Å². The van der Waals surface area contributed by atoms with Crippen LogP contribution in [0.25, 0.3) is 0 Å². The molecule has 2 aromatic heterocycles. The quantitative estimate of drug-likeness (QED) is 0.857. The number of nitrogens with zero attached hydrogens (tertiary/aromatic N) is 3. The maximum atomic E-state index is 12.9. The lowest BCUT2D eigenvalue weighted by Crippen LogP contribution is -2.35. The minimum atomic E-state index is -4.82. The summed E-state index contributed by atoms with van der Waals surface area (Å²) in [4.78, 5) is 22.4. The average Bonchev–Trinajstić information content (AvgIpc) is 2.52. The van der Waals surface area contributed by atoms with Crippen LogP contribution in [0.15, 0.2) is 30.7 Å². The van der Waals surface area contributed by atoms with Gasteiger partial charge in [0.1, 0.15) is 11.9 Å². The van der Waals surface area contributed by atoms with Gasteiger partial charge in [0.25, 0.3) is 5.91 Å². The van der Waals surface area contributed by atoms with Gasteiger partial charge in [-0.15, -0.1) is 0 Å². The standard InChI is InChI=1S/C14H14F3N5O2/c1-8(24-9-3-2-4-19-6-9)5-20-12(23)10-7-21-13(18)22-11(10)14(15,16)17/h2-4,6-8H,5H2,1H3,(H,20,23)(H2,18,21,22)/t8-/m1/s1. The van der Waals surface area contributed by atoms with Crippen molar-refractivity contribution in [1.82, 2.24) is 20.3 Å². The van der Waals surface area contributed by atoms with E-state index < -0.39 is 35.4 Å². The van der Waals surface area contributed by atoms with Crippen molar-refractivity contribution in [3.8, 4) is 5.75 Å². The van der Waals surface area contributed by atoms with Gasteiger partial charge in [0.2, 0.25) is 5.95 Å².